The van der Waals surface area contributed by atoms with Crippen LogP contribution in [0.4, 0.5) is 0 Å². The Morgan fingerprint density at radius 2 is 1.82 bits per heavy atom. The van der Waals surface area contributed by atoms with Gasteiger partial charge < -0.3 is 10.4 Å². The van der Waals surface area contributed by atoms with Crippen LogP contribution in [-0.4, -0.2) is 23.5 Å². The van der Waals surface area contributed by atoms with E-state index < -0.39 is 11.9 Å². The number of carbonyl (C=O) groups is 2. The minimum atomic E-state index is -0.825. The summed E-state index contributed by atoms with van der Waals surface area (Å²) in [6.45, 7) is 2.09. The highest BCUT2D eigenvalue weighted by molar-refractivity contribution is 5.79. The van der Waals surface area contributed by atoms with Gasteiger partial charge in [-0.25, -0.2) is 0 Å². The van der Waals surface area contributed by atoms with E-state index in [4.69, 9.17) is 5.11 Å². The molecule has 0 spiro atoms. The number of carboxylic acids is 1. The van der Waals surface area contributed by atoms with Gasteiger partial charge >= 0.3 is 5.97 Å². The first-order valence-corrected chi connectivity index (χ1v) is 6.65. The summed E-state index contributed by atoms with van der Waals surface area (Å²) in [6.07, 6.45) is 7.14. The van der Waals surface area contributed by atoms with Crippen LogP contribution >= 0.6 is 0 Å². The van der Waals surface area contributed by atoms with Gasteiger partial charge in [0.2, 0.25) is 5.91 Å². The average molecular weight is 241 g/mol. The summed E-state index contributed by atoms with van der Waals surface area (Å²) in [6, 6.07) is 0. The molecule has 2 N–H and O–H groups in total. The van der Waals surface area contributed by atoms with Gasteiger partial charge in [0.25, 0.3) is 0 Å². The summed E-state index contributed by atoms with van der Waals surface area (Å²) >= 11 is 0. The average Bonchev–Trinajstić information content (AvgIpc) is 2.57. The van der Waals surface area contributed by atoms with E-state index in [1.54, 1.807) is 0 Å². The Morgan fingerprint density at radius 1 is 1.24 bits per heavy atom. The van der Waals surface area contributed by atoms with Crippen LogP contribution in [0.1, 0.15) is 51.9 Å². The molecule has 1 amide bonds. The van der Waals surface area contributed by atoms with Gasteiger partial charge in [-0.2, -0.15) is 0 Å². The lowest BCUT2D eigenvalue weighted by Gasteiger charge is -2.16. The monoisotopic (exact) mass is 241 g/mol. The van der Waals surface area contributed by atoms with E-state index in [9.17, 15) is 9.59 Å². The number of hydrogen-bond acceptors (Lipinski definition) is 2. The maximum absolute atomic E-state index is 11.9. The number of carboxylic acid groups (broad SMARTS) is 1. The second-order valence-electron chi connectivity index (χ2n) is 4.88. The highest BCUT2D eigenvalue weighted by atomic mass is 16.4. The van der Waals surface area contributed by atoms with E-state index >= 15 is 0 Å². The van der Waals surface area contributed by atoms with Crippen LogP contribution in [0.2, 0.25) is 0 Å². The molecule has 0 aromatic carbocycles. The summed E-state index contributed by atoms with van der Waals surface area (Å²) in [5, 5.41) is 11.7. The van der Waals surface area contributed by atoms with Crippen LogP contribution in [-0.2, 0) is 9.59 Å². The Morgan fingerprint density at radius 3 is 2.29 bits per heavy atom. The maximum atomic E-state index is 11.9. The molecule has 0 aromatic rings. The highest BCUT2D eigenvalue weighted by Crippen LogP contribution is 2.22. The molecule has 1 rings (SSSR count). The SMILES string of the molecule is CCC(CNC(=O)C1CCCCCC1)C(=O)O. The van der Waals surface area contributed by atoms with Crippen molar-refractivity contribution in [3.8, 4) is 0 Å². The lowest BCUT2D eigenvalue weighted by atomic mass is 9.99. The van der Waals surface area contributed by atoms with Gasteiger partial charge in [-0.1, -0.05) is 32.6 Å². The Bertz CT molecular complexity index is 257. The predicted molar refractivity (Wildman–Crippen MR) is 65.6 cm³/mol. The Kier molecular flexibility index (Phi) is 6.01. The smallest absolute Gasteiger partial charge is 0.308 e. The van der Waals surface area contributed by atoms with Gasteiger partial charge in [0, 0.05) is 12.5 Å². The second-order valence-corrected chi connectivity index (χ2v) is 4.88. The molecule has 4 heteroatoms. The molecular formula is C13H23NO3. The summed E-state index contributed by atoms with van der Waals surface area (Å²) in [5.41, 5.74) is 0. The first-order chi connectivity index (χ1) is 8.15. The summed E-state index contributed by atoms with van der Waals surface area (Å²) in [5.74, 6) is -1.13. The molecule has 1 saturated carbocycles. The van der Waals surface area contributed by atoms with Gasteiger partial charge in [0.05, 0.1) is 5.92 Å². The van der Waals surface area contributed by atoms with Crippen molar-refractivity contribution >= 4 is 11.9 Å². The highest BCUT2D eigenvalue weighted by Gasteiger charge is 2.22. The molecule has 0 radical (unpaired) electrons. The van der Waals surface area contributed by atoms with Crippen molar-refractivity contribution < 1.29 is 14.7 Å². The van der Waals surface area contributed by atoms with Crippen molar-refractivity contribution in [2.24, 2.45) is 11.8 Å². The van der Waals surface area contributed by atoms with Crippen LogP contribution in [0.5, 0.6) is 0 Å². The molecule has 1 fully saturated rings. The number of hydrogen-bond donors (Lipinski definition) is 2. The van der Waals surface area contributed by atoms with E-state index in [1.165, 1.54) is 12.8 Å². The van der Waals surface area contributed by atoms with Crippen molar-refractivity contribution in [2.75, 3.05) is 6.54 Å². The summed E-state index contributed by atoms with van der Waals surface area (Å²) in [7, 11) is 0. The van der Waals surface area contributed by atoms with Crippen LogP contribution in [0.3, 0.4) is 0 Å². The number of rotatable bonds is 5. The predicted octanol–water partition coefficient (Wildman–Crippen LogP) is 2.18. The van der Waals surface area contributed by atoms with Crippen LogP contribution < -0.4 is 5.32 Å². The lowest BCUT2D eigenvalue weighted by molar-refractivity contribution is -0.141. The minimum Gasteiger partial charge on any atom is -0.481 e. The fraction of sp³-hybridized carbons (Fsp3) is 0.846. The van der Waals surface area contributed by atoms with Crippen LogP contribution in [0.25, 0.3) is 0 Å². The molecule has 4 nitrogen and oxygen atoms in total. The van der Waals surface area contributed by atoms with Crippen molar-refractivity contribution in [1.29, 1.82) is 0 Å². The molecule has 1 aliphatic carbocycles. The zero-order valence-corrected chi connectivity index (χ0v) is 10.6. The summed E-state index contributed by atoms with van der Waals surface area (Å²) < 4.78 is 0. The van der Waals surface area contributed by atoms with Crippen LogP contribution in [0, 0.1) is 11.8 Å². The van der Waals surface area contributed by atoms with Gasteiger partial charge in [0.15, 0.2) is 0 Å². The number of amides is 1. The van der Waals surface area contributed by atoms with Gasteiger partial charge in [-0.15, -0.1) is 0 Å². The normalized spacial score (nSPS) is 19.4. The third kappa shape index (κ3) is 4.75. The largest absolute Gasteiger partial charge is 0.481 e. The number of nitrogens with one attached hydrogen (secondary N) is 1. The standard InChI is InChI=1S/C13H23NO3/c1-2-10(13(16)17)9-14-12(15)11-7-5-3-4-6-8-11/h10-11H,2-9H2,1H3,(H,14,15)(H,16,17). The molecule has 1 aliphatic rings. The Balaban J connectivity index is 2.34. The van der Waals surface area contributed by atoms with Gasteiger partial charge in [-0.05, 0) is 19.3 Å². The quantitative estimate of drug-likeness (QED) is 0.725. The third-order valence-electron chi connectivity index (χ3n) is 3.59. The van der Waals surface area contributed by atoms with Crippen molar-refractivity contribution in [1.82, 2.24) is 5.32 Å². The molecule has 1 unspecified atom stereocenters. The maximum Gasteiger partial charge on any atom is 0.308 e. The van der Waals surface area contributed by atoms with Crippen molar-refractivity contribution in [3.63, 3.8) is 0 Å². The van der Waals surface area contributed by atoms with Crippen molar-refractivity contribution in [3.05, 3.63) is 0 Å². The fourth-order valence-electron chi connectivity index (χ4n) is 2.32. The zero-order chi connectivity index (χ0) is 12.7. The van der Waals surface area contributed by atoms with Gasteiger partial charge in [-0.3, -0.25) is 9.59 Å². The van der Waals surface area contributed by atoms with Gasteiger partial charge in [0.1, 0.15) is 0 Å². The fourth-order valence-corrected chi connectivity index (χ4v) is 2.32. The first kappa shape index (κ1) is 14.0. The second kappa shape index (κ2) is 7.30. The molecule has 0 bridgehead atoms. The number of aliphatic carboxylic acids is 1. The number of carbonyl (C=O) groups excluding carboxylic acids is 1. The Hall–Kier alpha value is -1.06. The van der Waals surface area contributed by atoms with E-state index in [-0.39, 0.29) is 18.4 Å². The molecular weight excluding hydrogens is 218 g/mol. The minimum absolute atomic E-state index is 0.0478. The topological polar surface area (TPSA) is 66.4 Å². The zero-order valence-electron chi connectivity index (χ0n) is 10.6. The summed E-state index contributed by atoms with van der Waals surface area (Å²) in [4.78, 5) is 22.7. The lowest BCUT2D eigenvalue weighted by Crippen LogP contribution is -2.36. The third-order valence-corrected chi connectivity index (χ3v) is 3.59. The first-order valence-electron chi connectivity index (χ1n) is 6.65. The van der Waals surface area contributed by atoms with E-state index in [1.807, 2.05) is 6.92 Å². The molecule has 98 valence electrons. The molecule has 0 saturated heterocycles. The Labute approximate surface area is 103 Å². The molecule has 0 aromatic heterocycles. The molecule has 17 heavy (non-hydrogen) atoms. The van der Waals surface area contributed by atoms with Crippen LogP contribution in [0.15, 0.2) is 0 Å². The molecule has 1 atom stereocenters. The molecule has 0 aliphatic heterocycles. The van der Waals surface area contributed by atoms with E-state index in [2.05, 4.69) is 5.32 Å². The van der Waals surface area contributed by atoms with E-state index in [0.29, 0.717) is 6.42 Å². The molecule has 0 heterocycles. The van der Waals surface area contributed by atoms with Crippen molar-refractivity contribution in [2.45, 2.75) is 51.9 Å². The van der Waals surface area contributed by atoms with E-state index in [0.717, 1.165) is 25.7 Å².